The second-order valence-electron chi connectivity index (χ2n) is 5.01. The lowest BCUT2D eigenvalue weighted by Crippen LogP contribution is -2.37. The molecular formula is C12H17ClF2N2. The molecule has 0 amide bonds. The van der Waals surface area contributed by atoms with Crippen LogP contribution in [-0.2, 0) is 5.41 Å². The third-order valence-electron chi connectivity index (χ3n) is 2.60. The van der Waals surface area contributed by atoms with Crippen molar-refractivity contribution in [2.75, 3.05) is 0 Å². The van der Waals surface area contributed by atoms with Crippen molar-refractivity contribution in [2.45, 2.75) is 37.6 Å². The van der Waals surface area contributed by atoms with Gasteiger partial charge in [0, 0.05) is 0 Å². The fraction of sp³-hybridized carbons (Fsp3) is 0.500. The Kier molecular flexibility index (Phi) is 4.12. The summed E-state index contributed by atoms with van der Waals surface area (Å²) in [5, 5.41) is -3.42. The minimum absolute atomic E-state index is 0.0202. The topological polar surface area (TPSA) is 38.0 Å². The van der Waals surface area contributed by atoms with E-state index >= 15 is 0 Å². The predicted octanol–water partition coefficient (Wildman–Crippen LogP) is 3.32. The van der Waals surface area contributed by atoms with Crippen LogP contribution in [0.1, 0.15) is 37.9 Å². The molecule has 1 rings (SSSR count). The lowest BCUT2D eigenvalue weighted by molar-refractivity contribution is 0.0497. The van der Waals surface area contributed by atoms with Gasteiger partial charge in [-0.2, -0.15) is 8.78 Å². The molecule has 1 unspecified atom stereocenters. The van der Waals surface area contributed by atoms with Crippen LogP contribution in [0.25, 0.3) is 0 Å². The lowest BCUT2D eigenvalue weighted by Gasteiger charge is -2.23. The van der Waals surface area contributed by atoms with E-state index in [1.807, 2.05) is 17.6 Å². The molecule has 0 spiro atoms. The Morgan fingerprint density at radius 2 is 1.65 bits per heavy atom. The smallest absolute Gasteiger partial charge is 0.271 e. The number of hydrogen-bond donors (Lipinski definition) is 2. The van der Waals surface area contributed by atoms with Crippen LogP contribution in [0.4, 0.5) is 8.78 Å². The molecular weight excluding hydrogens is 246 g/mol. The van der Waals surface area contributed by atoms with Crippen molar-refractivity contribution >= 4 is 11.6 Å². The van der Waals surface area contributed by atoms with Crippen LogP contribution in [0.2, 0.25) is 0 Å². The normalized spacial score (nSPS) is 14.8. The third-order valence-corrected chi connectivity index (χ3v) is 2.82. The number of hydrogen-bond acceptors (Lipinski definition) is 2. The zero-order valence-corrected chi connectivity index (χ0v) is 10.9. The molecule has 3 N–H and O–H groups in total. The first-order valence-corrected chi connectivity index (χ1v) is 5.67. The van der Waals surface area contributed by atoms with Crippen molar-refractivity contribution in [2.24, 2.45) is 5.84 Å². The number of benzene rings is 1. The standard InChI is InChI=1S/C12H17ClF2N2/c1-11(2,3)9-6-4-8(5-7-9)10(17-16)12(13,14)15/h4-7,10,17H,16H2,1-3H3. The second-order valence-corrected chi connectivity index (χ2v) is 5.52. The van der Waals surface area contributed by atoms with Crippen molar-refractivity contribution in [1.82, 2.24) is 5.43 Å². The number of halogens is 3. The van der Waals surface area contributed by atoms with Gasteiger partial charge in [-0.15, -0.1) is 0 Å². The Hall–Kier alpha value is -0.710. The monoisotopic (exact) mass is 262 g/mol. The Morgan fingerprint density at radius 3 is 1.94 bits per heavy atom. The van der Waals surface area contributed by atoms with E-state index in [2.05, 4.69) is 20.8 Å². The van der Waals surface area contributed by atoms with E-state index in [4.69, 9.17) is 17.4 Å². The number of nitrogens with one attached hydrogen (secondary N) is 1. The summed E-state index contributed by atoms with van der Waals surface area (Å²) in [5.41, 5.74) is 3.44. The van der Waals surface area contributed by atoms with Crippen molar-refractivity contribution in [3.8, 4) is 0 Å². The molecule has 17 heavy (non-hydrogen) atoms. The molecule has 0 heterocycles. The molecule has 0 aliphatic rings. The van der Waals surface area contributed by atoms with Gasteiger partial charge < -0.3 is 0 Å². The molecule has 96 valence electrons. The molecule has 0 fully saturated rings. The summed E-state index contributed by atoms with van der Waals surface area (Å²) in [7, 11) is 0. The van der Waals surface area contributed by atoms with Crippen LogP contribution >= 0.6 is 11.6 Å². The number of hydrazine groups is 1. The van der Waals surface area contributed by atoms with Crippen LogP contribution in [0.3, 0.4) is 0 Å². The number of rotatable bonds is 3. The lowest BCUT2D eigenvalue weighted by atomic mass is 9.86. The SMILES string of the molecule is CC(C)(C)c1ccc(C(NN)C(F)(F)Cl)cc1. The van der Waals surface area contributed by atoms with Gasteiger partial charge in [-0.1, -0.05) is 45.0 Å². The van der Waals surface area contributed by atoms with Gasteiger partial charge in [0.1, 0.15) is 6.04 Å². The molecule has 0 radical (unpaired) electrons. The van der Waals surface area contributed by atoms with Crippen molar-refractivity contribution < 1.29 is 8.78 Å². The number of alkyl halides is 3. The fourth-order valence-electron chi connectivity index (χ4n) is 1.56. The first-order valence-electron chi connectivity index (χ1n) is 5.29. The average molecular weight is 263 g/mol. The predicted molar refractivity (Wildman–Crippen MR) is 66.0 cm³/mol. The summed E-state index contributed by atoms with van der Waals surface area (Å²) < 4.78 is 26.1. The van der Waals surface area contributed by atoms with E-state index in [9.17, 15) is 8.78 Å². The second kappa shape index (κ2) is 4.88. The first kappa shape index (κ1) is 14.4. The maximum atomic E-state index is 13.0. The minimum atomic E-state index is -3.42. The van der Waals surface area contributed by atoms with E-state index in [1.54, 1.807) is 12.1 Å². The van der Waals surface area contributed by atoms with E-state index in [1.165, 1.54) is 0 Å². The van der Waals surface area contributed by atoms with E-state index in [0.29, 0.717) is 5.56 Å². The van der Waals surface area contributed by atoms with Gasteiger partial charge >= 0.3 is 5.38 Å². The van der Waals surface area contributed by atoms with Gasteiger partial charge in [-0.25, -0.2) is 5.43 Å². The molecule has 0 aromatic heterocycles. The summed E-state index contributed by atoms with van der Waals surface area (Å²) in [4.78, 5) is 0. The third kappa shape index (κ3) is 3.63. The van der Waals surface area contributed by atoms with Crippen LogP contribution in [0.15, 0.2) is 24.3 Å². The molecule has 1 aromatic rings. The summed E-state index contributed by atoms with van der Waals surface area (Å²) >= 11 is 4.99. The van der Waals surface area contributed by atoms with Gasteiger partial charge in [-0.3, -0.25) is 5.84 Å². The van der Waals surface area contributed by atoms with Crippen LogP contribution in [0.5, 0.6) is 0 Å². The summed E-state index contributed by atoms with van der Waals surface area (Å²) in [6.45, 7) is 6.16. The van der Waals surface area contributed by atoms with Crippen LogP contribution in [-0.4, -0.2) is 5.38 Å². The molecule has 0 saturated carbocycles. The molecule has 5 heteroatoms. The van der Waals surface area contributed by atoms with E-state index < -0.39 is 11.4 Å². The highest BCUT2D eigenvalue weighted by Crippen LogP contribution is 2.35. The molecule has 1 atom stereocenters. The van der Waals surface area contributed by atoms with Gasteiger partial charge in [0.05, 0.1) is 0 Å². The van der Waals surface area contributed by atoms with Crippen molar-refractivity contribution in [1.29, 1.82) is 0 Å². The molecule has 0 aliphatic heterocycles. The first-order chi connectivity index (χ1) is 7.66. The molecule has 1 aromatic carbocycles. The Morgan fingerprint density at radius 1 is 1.18 bits per heavy atom. The van der Waals surface area contributed by atoms with Gasteiger partial charge in [0.15, 0.2) is 0 Å². The minimum Gasteiger partial charge on any atom is -0.271 e. The zero-order chi connectivity index (χ0) is 13.3. The largest absolute Gasteiger partial charge is 0.342 e. The Bertz CT molecular complexity index is 366. The highest BCUT2D eigenvalue weighted by Gasteiger charge is 2.37. The van der Waals surface area contributed by atoms with Crippen molar-refractivity contribution in [3.63, 3.8) is 0 Å². The van der Waals surface area contributed by atoms with Crippen LogP contribution in [0, 0.1) is 0 Å². The average Bonchev–Trinajstić information content (AvgIpc) is 2.16. The van der Waals surface area contributed by atoms with E-state index in [0.717, 1.165) is 5.56 Å². The van der Waals surface area contributed by atoms with Gasteiger partial charge in [-0.05, 0) is 28.1 Å². The molecule has 0 saturated heterocycles. The molecule has 0 aliphatic carbocycles. The molecule has 0 bridgehead atoms. The highest BCUT2D eigenvalue weighted by molar-refractivity contribution is 6.22. The Labute approximate surface area is 105 Å². The summed E-state index contributed by atoms with van der Waals surface area (Å²) in [6.07, 6.45) is 0. The maximum Gasteiger partial charge on any atom is 0.342 e. The van der Waals surface area contributed by atoms with Gasteiger partial charge in [0.2, 0.25) is 0 Å². The van der Waals surface area contributed by atoms with Crippen molar-refractivity contribution in [3.05, 3.63) is 35.4 Å². The van der Waals surface area contributed by atoms with E-state index in [-0.39, 0.29) is 5.41 Å². The fourth-order valence-corrected chi connectivity index (χ4v) is 1.74. The summed E-state index contributed by atoms with van der Waals surface area (Å²) in [6, 6.07) is 5.45. The molecule has 2 nitrogen and oxygen atoms in total. The number of nitrogens with two attached hydrogens (primary N) is 1. The van der Waals surface area contributed by atoms with Gasteiger partial charge in [0.25, 0.3) is 0 Å². The van der Waals surface area contributed by atoms with Crippen LogP contribution < -0.4 is 11.3 Å². The highest BCUT2D eigenvalue weighted by atomic mass is 35.5. The maximum absolute atomic E-state index is 13.0. The summed E-state index contributed by atoms with van der Waals surface area (Å²) in [5.74, 6) is 5.10. The zero-order valence-electron chi connectivity index (χ0n) is 10.1. The quantitative estimate of drug-likeness (QED) is 0.498. The Balaban J connectivity index is 3.02.